The van der Waals surface area contributed by atoms with Gasteiger partial charge in [-0.05, 0) is 29.8 Å². The molecule has 9 nitrogen and oxygen atoms in total. The highest BCUT2D eigenvalue weighted by molar-refractivity contribution is 7.99. The molecular weight excluding hydrogens is 427 g/mol. The summed E-state index contributed by atoms with van der Waals surface area (Å²) in [4.78, 5) is 22.8. The molecule has 1 amide bonds. The van der Waals surface area contributed by atoms with Gasteiger partial charge in [0, 0.05) is 21.9 Å². The zero-order chi connectivity index (χ0) is 20.4. The highest BCUT2D eigenvalue weighted by Gasteiger charge is 2.16. The lowest BCUT2D eigenvalue weighted by atomic mass is 10.2. The third kappa shape index (κ3) is 4.19. The number of carbonyl (C=O) groups is 1. The lowest BCUT2D eigenvalue weighted by Gasteiger charge is -2.10. The maximum Gasteiger partial charge on any atom is 0.273 e. The molecule has 144 valence electrons. The second-order valence-corrected chi connectivity index (χ2v) is 7.49. The molecule has 0 bridgehead atoms. The maximum absolute atomic E-state index is 11.2. The van der Waals surface area contributed by atoms with Crippen molar-refractivity contribution in [1.29, 1.82) is 0 Å². The number of nitro benzene ring substituents is 1. The highest BCUT2D eigenvalue weighted by Crippen LogP contribution is 2.40. The Morgan fingerprint density at radius 3 is 2.32 bits per heavy atom. The van der Waals surface area contributed by atoms with Crippen molar-refractivity contribution in [3.05, 3.63) is 67.8 Å². The molecule has 28 heavy (non-hydrogen) atoms. The van der Waals surface area contributed by atoms with Crippen molar-refractivity contribution in [3.63, 3.8) is 0 Å². The smallest absolute Gasteiger partial charge is 0.273 e. The highest BCUT2D eigenvalue weighted by atomic mass is 35.5. The molecule has 0 aliphatic heterocycles. The summed E-state index contributed by atoms with van der Waals surface area (Å²) in [6.07, 6.45) is 0. The minimum Gasteiger partial charge on any atom is -0.382 e. The second kappa shape index (κ2) is 8.05. The Bertz CT molecular complexity index is 1050. The Labute approximate surface area is 172 Å². The molecule has 0 fully saturated rings. The normalized spacial score (nSPS) is 10.8. The molecule has 4 N–H and O–H groups in total. The summed E-state index contributed by atoms with van der Waals surface area (Å²) >= 11 is 14.0. The fourth-order valence-corrected chi connectivity index (χ4v) is 3.92. The van der Waals surface area contributed by atoms with Gasteiger partial charge in [-0.1, -0.05) is 40.2 Å². The molecule has 3 rings (SSSR count). The van der Waals surface area contributed by atoms with Crippen LogP contribution in [-0.2, 0) is 6.54 Å². The summed E-state index contributed by atoms with van der Waals surface area (Å²) in [5, 5.41) is 19.0. The summed E-state index contributed by atoms with van der Waals surface area (Å²) < 4.78 is 1.31. The molecule has 0 spiro atoms. The number of rotatable bonds is 6. The van der Waals surface area contributed by atoms with Crippen molar-refractivity contribution in [3.8, 4) is 0 Å². The van der Waals surface area contributed by atoms with Gasteiger partial charge >= 0.3 is 0 Å². The number of primary amides is 1. The predicted molar refractivity (Wildman–Crippen MR) is 106 cm³/mol. The summed E-state index contributed by atoms with van der Waals surface area (Å²) in [6.45, 7) is 0.189. The molecule has 0 unspecified atom stereocenters. The van der Waals surface area contributed by atoms with E-state index in [2.05, 4.69) is 10.3 Å². The van der Waals surface area contributed by atoms with Gasteiger partial charge in [0.2, 0.25) is 0 Å². The van der Waals surface area contributed by atoms with Crippen LogP contribution in [0.2, 0.25) is 10.0 Å². The van der Waals surface area contributed by atoms with Gasteiger partial charge in [0.1, 0.15) is 0 Å². The van der Waals surface area contributed by atoms with E-state index in [1.54, 1.807) is 24.3 Å². The van der Waals surface area contributed by atoms with Gasteiger partial charge in [-0.15, -0.1) is 5.10 Å². The van der Waals surface area contributed by atoms with E-state index < -0.39 is 10.8 Å². The Balaban J connectivity index is 1.83. The number of carbonyl (C=O) groups excluding carboxylic acids is 1. The number of nitrogens with two attached hydrogens (primary N) is 2. The van der Waals surface area contributed by atoms with Crippen LogP contribution in [0.3, 0.4) is 0 Å². The van der Waals surface area contributed by atoms with Crippen LogP contribution in [0.5, 0.6) is 0 Å². The van der Waals surface area contributed by atoms with Gasteiger partial charge in [0.05, 0.1) is 21.5 Å². The topological polar surface area (TPSA) is 143 Å². The summed E-state index contributed by atoms with van der Waals surface area (Å²) in [5.74, 6) is -0.723. The number of nitrogens with zero attached hydrogens (tertiary/aromatic N) is 4. The maximum atomic E-state index is 11.2. The lowest BCUT2D eigenvalue weighted by molar-refractivity contribution is -0.384. The standard InChI is InChI=1S/C16H12Cl2N6O3S/c17-11-5-8(7-23-15(19)13(16(20)25)21-22-23)6-12(18)14(11)28-10-3-1-9(2-4-10)24(26)27/h1-6H,7,19H2,(H2,20,25). The van der Waals surface area contributed by atoms with Crippen LogP contribution in [0.4, 0.5) is 11.5 Å². The predicted octanol–water partition coefficient (Wildman–Crippen LogP) is 3.37. The minimum atomic E-state index is -0.769. The average Bonchev–Trinajstić information content (AvgIpc) is 2.99. The van der Waals surface area contributed by atoms with Crippen LogP contribution in [0.25, 0.3) is 0 Å². The van der Waals surface area contributed by atoms with Crippen molar-refractivity contribution in [1.82, 2.24) is 15.0 Å². The first-order valence-electron chi connectivity index (χ1n) is 7.65. The van der Waals surface area contributed by atoms with E-state index in [4.69, 9.17) is 34.7 Å². The average molecular weight is 439 g/mol. The van der Waals surface area contributed by atoms with E-state index in [1.165, 1.54) is 28.6 Å². The Hall–Kier alpha value is -2.82. The second-order valence-electron chi connectivity index (χ2n) is 5.59. The Kier molecular flexibility index (Phi) is 5.73. The quantitative estimate of drug-likeness (QED) is 0.443. The number of non-ortho nitro benzene ring substituents is 1. The van der Waals surface area contributed by atoms with Gasteiger partial charge in [-0.2, -0.15) is 0 Å². The first-order valence-corrected chi connectivity index (χ1v) is 9.22. The summed E-state index contributed by atoms with van der Waals surface area (Å²) in [6, 6.07) is 9.42. The number of nitrogen functional groups attached to an aromatic ring is 1. The molecule has 3 aromatic rings. The third-order valence-corrected chi connectivity index (χ3v) is 5.64. The van der Waals surface area contributed by atoms with E-state index in [0.717, 1.165) is 4.90 Å². The van der Waals surface area contributed by atoms with Crippen molar-refractivity contribution < 1.29 is 9.72 Å². The number of nitro groups is 1. The fraction of sp³-hybridized carbons (Fsp3) is 0.0625. The summed E-state index contributed by atoms with van der Waals surface area (Å²) in [5.41, 5.74) is 11.6. The monoisotopic (exact) mass is 438 g/mol. The lowest BCUT2D eigenvalue weighted by Crippen LogP contribution is -2.15. The third-order valence-electron chi connectivity index (χ3n) is 3.66. The molecule has 0 radical (unpaired) electrons. The zero-order valence-corrected chi connectivity index (χ0v) is 16.3. The number of hydrogen-bond acceptors (Lipinski definition) is 7. The molecule has 12 heteroatoms. The number of anilines is 1. The Morgan fingerprint density at radius 1 is 1.21 bits per heavy atom. The van der Waals surface area contributed by atoms with E-state index in [-0.39, 0.29) is 23.7 Å². The van der Waals surface area contributed by atoms with Crippen LogP contribution >= 0.6 is 35.0 Å². The van der Waals surface area contributed by atoms with Crippen LogP contribution in [-0.4, -0.2) is 25.8 Å². The first kappa shape index (κ1) is 19.9. The van der Waals surface area contributed by atoms with Gasteiger partial charge in [-0.25, -0.2) is 4.68 Å². The van der Waals surface area contributed by atoms with Crippen LogP contribution in [0.1, 0.15) is 16.1 Å². The molecule has 0 aliphatic rings. The van der Waals surface area contributed by atoms with E-state index in [0.29, 0.717) is 20.5 Å². The van der Waals surface area contributed by atoms with Gasteiger partial charge in [-0.3, -0.25) is 14.9 Å². The minimum absolute atomic E-state index is 0.00218. The van der Waals surface area contributed by atoms with Crippen LogP contribution < -0.4 is 11.5 Å². The SMILES string of the molecule is NC(=O)c1nnn(Cc2cc(Cl)c(Sc3ccc([N+](=O)[O-])cc3)c(Cl)c2)c1N. The summed E-state index contributed by atoms with van der Waals surface area (Å²) in [7, 11) is 0. The fourth-order valence-electron chi connectivity index (χ4n) is 2.34. The van der Waals surface area contributed by atoms with Crippen LogP contribution in [0.15, 0.2) is 46.2 Å². The molecular formula is C16H12Cl2N6O3S. The zero-order valence-electron chi connectivity index (χ0n) is 14.0. The number of benzene rings is 2. The van der Waals surface area contributed by atoms with Crippen molar-refractivity contribution in [2.75, 3.05) is 5.73 Å². The van der Waals surface area contributed by atoms with Crippen molar-refractivity contribution >= 4 is 52.4 Å². The Morgan fingerprint density at radius 2 is 1.82 bits per heavy atom. The van der Waals surface area contributed by atoms with Gasteiger partial charge in [0.15, 0.2) is 11.5 Å². The molecule has 0 saturated carbocycles. The molecule has 2 aromatic carbocycles. The molecule has 1 aromatic heterocycles. The van der Waals surface area contributed by atoms with E-state index in [9.17, 15) is 14.9 Å². The molecule has 1 heterocycles. The van der Waals surface area contributed by atoms with Gasteiger partial charge in [0.25, 0.3) is 11.6 Å². The number of amides is 1. The van der Waals surface area contributed by atoms with Crippen molar-refractivity contribution in [2.45, 2.75) is 16.3 Å². The molecule has 0 atom stereocenters. The number of hydrogen-bond donors (Lipinski definition) is 2. The van der Waals surface area contributed by atoms with E-state index >= 15 is 0 Å². The first-order chi connectivity index (χ1) is 13.3. The molecule has 0 saturated heterocycles. The van der Waals surface area contributed by atoms with Crippen LogP contribution in [0, 0.1) is 10.1 Å². The molecule has 0 aliphatic carbocycles. The number of halogens is 2. The van der Waals surface area contributed by atoms with Crippen molar-refractivity contribution in [2.24, 2.45) is 5.73 Å². The largest absolute Gasteiger partial charge is 0.382 e. The van der Waals surface area contributed by atoms with E-state index in [1.807, 2.05) is 0 Å². The van der Waals surface area contributed by atoms with Gasteiger partial charge < -0.3 is 11.5 Å². The number of aromatic nitrogens is 3.